The second-order valence-electron chi connectivity index (χ2n) is 4.83. The van der Waals surface area contributed by atoms with E-state index in [1.807, 2.05) is 11.3 Å². The largest absolute Gasteiger partial charge is 0.316 e. The minimum atomic E-state index is 0.671. The summed E-state index contributed by atoms with van der Waals surface area (Å²) in [6.45, 7) is 11.4. The van der Waals surface area contributed by atoms with Crippen molar-refractivity contribution in [2.24, 2.45) is 11.8 Å². The van der Waals surface area contributed by atoms with E-state index >= 15 is 0 Å². The smallest absolute Gasteiger partial charge is 0.00765 e. The molecule has 1 heterocycles. The van der Waals surface area contributed by atoms with E-state index in [0.717, 1.165) is 19.0 Å². The highest BCUT2D eigenvalue weighted by Gasteiger charge is 2.14. The number of nitrogens with one attached hydrogen (secondary N) is 1. The summed E-state index contributed by atoms with van der Waals surface area (Å²) in [5.74, 6) is 2.13. The molecule has 0 aromatic carbocycles. The highest BCUT2D eigenvalue weighted by molar-refractivity contribution is 7.10. The van der Waals surface area contributed by atoms with Gasteiger partial charge in [0, 0.05) is 4.88 Å². The maximum absolute atomic E-state index is 3.53. The highest BCUT2D eigenvalue weighted by Crippen LogP contribution is 2.27. The van der Waals surface area contributed by atoms with Crippen molar-refractivity contribution in [2.75, 3.05) is 13.1 Å². The Labute approximate surface area is 97.9 Å². The van der Waals surface area contributed by atoms with Gasteiger partial charge >= 0.3 is 0 Å². The average molecular weight is 225 g/mol. The highest BCUT2D eigenvalue weighted by atomic mass is 32.1. The van der Waals surface area contributed by atoms with Crippen LogP contribution in [-0.2, 0) is 0 Å². The van der Waals surface area contributed by atoms with Crippen molar-refractivity contribution in [3.05, 3.63) is 22.4 Å². The molecule has 0 saturated carbocycles. The number of hydrogen-bond donors (Lipinski definition) is 1. The Balaban J connectivity index is 2.31. The summed E-state index contributed by atoms with van der Waals surface area (Å²) < 4.78 is 0. The SMILES string of the molecule is CC(C)CNCC(C)C(C)c1cccs1. The molecule has 0 spiro atoms. The summed E-state index contributed by atoms with van der Waals surface area (Å²) >= 11 is 1.87. The Morgan fingerprint density at radius 2 is 1.93 bits per heavy atom. The van der Waals surface area contributed by atoms with Gasteiger partial charge in [-0.05, 0) is 42.3 Å². The fourth-order valence-electron chi connectivity index (χ4n) is 1.61. The summed E-state index contributed by atoms with van der Waals surface area (Å²) in [4.78, 5) is 1.51. The van der Waals surface area contributed by atoms with Crippen LogP contribution in [0.4, 0.5) is 0 Å². The Bertz CT molecular complexity index is 254. The molecule has 0 amide bonds. The monoisotopic (exact) mass is 225 g/mol. The normalized spacial score (nSPS) is 15.5. The number of hydrogen-bond acceptors (Lipinski definition) is 2. The van der Waals surface area contributed by atoms with Crippen LogP contribution in [0.5, 0.6) is 0 Å². The first-order chi connectivity index (χ1) is 7.11. The van der Waals surface area contributed by atoms with Gasteiger partial charge in [-0.1, -0.05) is 33.8 Å². The van der Waals surface area contributed by atoms with Gasteiger partial charge in [-0.25, -0.2) is 0 Å². The van der Waals surface area contributed by atoms with Crippen LogP contribution < -0.4 is 5.32 Å². The summed E-state index contributed by atoms with van der Waals surface area (Å²) in [6, 6.07) is 4.39. The minimum absolute atomic E-state index is 0.671. The van der Waals surface area contributed by atoms with E-state index in [2.05, 4.69) is 50.5 Å². The second kappa shape index (κ2) is 6.29. The Kier molecular flexibility index (Phi) is 5.34. The van der Waals surface area contributed by atoms with E-state index in [0.29, 0.717) is 11.8 Å². The molecule has 0 bridgehead atoms. The molecular formula is C13H23NS. The first kappa shape index (κ1) is 12.7. The lowest BCUT2D eigenvalue weighted by molar-refractivity contribution is 0.431. The lowest BCUT2D eigenvalue weighted by atomic mass is 9.94. The second-order valence-corrected chi connectivity index (χ2v) is 5.81. The van der Waals surface area contributed by atoms with E-state index in [9.17, 15) is 0 Å². The van der Waals surface area contributed by atoms with Crippen LogP contribution in [0.15, 0.2) is 17.5 Å². The van der Waals surface area contributed by atoms with Gasteiger partial charge in [0.1, 0.15) is 0 Å². The zero-order valence-corrected chi connectivity index (χ0v) is 11.1. The average Bonchev–Trinajstić information content (AvgIpc) is 2.68. The molecule has 0 radical (unpaired) electrons. The van der Waals surface area contributed by atoms with Crippen molar-refractivity contribution >= 4 is 11.3 Å². The van der Waals surface area contributed by atoms with Crippen molar-refractivity contribution < 1.29 is 0 Å². The van der Waals surface area contributed by atoms with Gasteiger partial charge in [-0.3, -0.25) is 0 Å². The molecule has 86 valence electrons. The minimum Gasteiger partial charge on any atom is -0.316 e. The van der Waals surface area contributed by atoms with E-state index in [4.69, 9.17) is 0 Å². The number of rotatable bonds is 6. The van der Waals surface area contributed by atoms with Crippen LogP contribution in [0.1, 0.15) is 38.5 Å². The molecule has 2 unspecified atom stereocenters. The molecule has 1 N–H and O–H groups in total. The maximum Gasteiger partial charge on any atom is 0.00765 e. The van der Waals surface area contributed by atoms with Gasteiger partial charge in [0.15, 0.2) is 0 Å². The zero-order valence-electron chi connectivity index (χ0n) is 10.3. The lowest BCUT2D eigenvalue weighted by Crippen LogP contribution is -2.27. The van der Waals surface area contributed by atoms with Crippen molar-refractivity contribution in [3.63, 3.8) is 0 Å². The summed E-state index contributed by atoms with van der Waals surface area (Å²) in [5.41, 5.74) is 0. The Morgan fingerprint density at radius 1 is 1.20 bits per heavy atom. The van der Waals surface area contributed by atoms with Crippen molar-refractivity contribution in [3.8, 4) is 0 Å². The molecule has 1 rings (SSSR count). The van der Waals surface area contributed by atoms with Gasteiger partial charge in [-0.2, -0.15) is 0 Å². The van der Waals surface area contributed by atoms with E-state index in [1.165, 1.54) is 4.88 Å². The Hall–Kier alpha value is -0.340. The number of thiophene rings is 1. The molecule has 0 saturated heterocycles. The fourth-order valence-corrected chi connectivity index (χ4v) is 2.53. The van der Waals surface area contributed by atoms with Crippen LogP contribution in [0, 0.1) is 11.8 Å². The Morgan fingerprint density at radius 3 is 2.47 bits per heavy atom. The van der Waals surface area contributed by atoms with Gasteiger partial charge in [0.05, 0.1) is 0 Å². The predicted octanol–water partition coefficient (Wildman–Crippen LogP) is 3.73. The van der Waals surface area contributed by atoms with Gasteiger partial charge in [0.2, 0.25) is 0 Å². The maximum atomic E-state index is 3.53. The third kappa shape index (κ3) is 4.35. The van der Waals surface area contributed by atoms with Crippen LogP contribution >= 0.6 is 11.3 Å². The van der Waals surface area contributed by atoms with Gasteiger partial charge in [-0.15, -0.1) is 11.3 Å². The van der Waals surface area contributed by atoms with Crippen LogP contribution in [0.2, 0.25) is 0 Å². The molecule has 15 heavy (non-hydrogen) atoms. The first-order valence-electron chi connectivity index (χ1n) is 5.85. The molecule has 0 fully saturated rings. The molecule has 2 atom stereocenters. The molecular weight excluding hydrogens is 202 g/mol. The zero-order chi connectivity index (χ0) is 11.3. The van der Waals surface area contributed by atoms with E-state index in [-0.39, 0.29) is 0 Å². The fraction of sp³-hybridized carbons (Fsp3) is 0.692. The van der Waals surface area contributed by atoms with Crippen LogP contribution in [0.3, 0.4) is 0 Å². The molecule has 0 aliphatic carbocycles. The third-order valence-electron chi connectivity index (χ3n) is 2.86. The quantitative estimate of drug-likeness (QED) is 0.778. The van der Waals surface area contributed by atoms with E-state index in [1.54, 1.807) is 0 Å². The first-order valence-corrected chi connectivity index (χ1v) is 6.73. The molecule has 1 aromatic rings. The standard InChI is InChI=1S/C13H23NS/c1-10(2)8-14-9-11(3)12(4)13-6-5-7-15-13/h5-7,10-12,14H,8-9H2,1-4H3. The van der Waals surface area contributed by atoms with Crippen molar-refractivity contribution in [2.45, 2.75) is 33.6 Å². The molecule has 1 nitrogen and oxygen atoms in total. The van der Waals surface area contributed by atoms with E-state index < -0.39 is 0 Å². The molecule has 1 aromatic heterocycles. The lowest BCUT2D eigenvalue weighted by Gasteiger charge is -2.19. The van der Waals surface area contributed by atoms with Crippen molar-refractivity contribution in [1.82, 2.24) is 5.32 Å². The molecule has 0 aliphatic rings. The topological polar surface area (TPSA) is 12.0 Å². The summed E-state index contributed by atoms with van der Waals surface area (Å²) in [7, 11) is 0. The molecule has 2 heteroatoms. The van der Waals surface area contributed by atoms with Crippen molar-refractivity contribution in [1.29, 1.82) is 0 Å². The van der Waals surface area contributed by atoms with Gasteiger partial charge in [0.25, 0.3) is 0 Å². The predicted molar refractivity (Wildman–Crippen MR) is 69.6 cm³/mol. The summed E-state index contributed by atoms with van der Waals surface area (Å²) in [5, 5.41) is 5.70. The third-order valence-corrected chi connectivity index (χ3v) is 3.94. The summed E-state index contributed by atoms with van der Waals surface area (Å²) in [6.07, 6.45) is 0. The van der Waals surface area contributed by atoms with Crippen LogP contribution in [-0.4, -0.2) is 13.1 Å². The van der Waals surface area contributed by atoms with Crippen LogP contribution in [0.25, 0.3) is 0 Å². The van der Waals surface area contributed by atoms with Gasteiger partial charge < -0.3 is 5.32 Å². The molecule has 0 aliphatic heterocycles.